The Balaban J connectivity index is 1.58. The van der Waals surface area contributed by atoms with Crippen LogP contribution < -0.4 is 0 Å². The molecule has 2 saturated heterocycles. The predicted octanol–water partition coefficient (Wildman–Crippen LogP) is 0.0405. The zero-order chi connectivity index (χ0) is 17.2. The van der Waals surface area contributed by atoms with Crippen molar-refractivity contribution in [2.24, 2.45) is 0 Å². The average molecular weight is 355 g/mol. The Labute approximate surface area is 142 Å². The van der Waals surface area contributed by atoms with Gasteiger partial charge in [0, 0.05) is 38.9 Å². The zero-order valence-corrected chi connectivity index (χ0v) is 14.8. The minimum atomic E-state index is -3.14. The van der Waals surface area contributed by atoms with Crippen molar-refractivity contribution in [1.29, 1.82) is 0 Å². The van der Waals surface area contributed by atoms with Crippen LogP contribution in [0.3, 0.4) is 0 Å². The second kappa shape index (κ2) is 7.20. The lowest BCUT2D eigenvalue weighted by atomic mass is 9.99. The van der Waals surface area contributed by atoms with Crippen molar-refractivity contribution in [1.82, 2.24) is 24.3 Å². The summed E-state index contributed by atoms with van der Waals surface area (Å²) < 4.78 is 24.6. The normalized spacial score (nSPS) is 24.2. The van der Waals surface area contributed by atoms with Gasteiger partial charge in [0.2, 0.25) is 15.9 Å². The van der Waals surface area contributed by atoms with Crippen molar-refractivity contribution in [3.63, 3.8) is 0 Å². The molecular weight excluding hydrogens is 330 g/mol. The molecule has 2 fully saturated rings. The molecule has 3 rings (SSSR count). The van der Waals surface area contributed by atoms with Crippen molar-refractivity contribution >= 4 is 15.9 Å². The summed E-state index contributed by atoms with van der Waals surface area (Å²) in [7, 11) is -3.14. The number of carbonyl (C=O) groups excluding carboxylic acids is 1. The summed E-state index contributed by atoms with van der Waals surface area (Å²) in [6.07, 6.45) is 6.04. The molecule has 1 atom stereocenters. The second-order valence-electron chi connectivity index (χ2n) is 6.55. The smallest absolute Gasteiger partial charge is 0.237 e. The van der Waals surface area contributed by atoms with Gasteiger partial charge in [0.25, 0.3) is 0 Å². The van der Waals surface area contributed by atoms with Gasteiger partial charge in [-0.25, -0.2) is 8.42 Å². The molecule has 24 heavy (non-hydrogen) atoms. The number of rotatable bonds is 4. The van der Waals surface area contributed by atoms with Crippen molar-refractivity contribution in [3.05, 3.63) is 18.0 Å². The van der Waals surface area contributed by atoms with Gasteiger partial charge >= 0.3 is 0 Å². The maximum absolute atomic E-state index is 12.8. The van der Waals surface area contributed by atoms with E-state index < -0.39 is 10.0 Å². The lowest BCUT2D eigenvalue weighted by Crippen LogP contribution is -2.52. The number of aromatic amines is 1. The quantitative estimate of drug-likeness (QED) is 0.824. The van der Waals surface area contributed by atoms with E-state index in [1.807, 2.05) is 15.9 Å². The fourth-order valence-corrected chi connectivity index (χ4v) is 4.33. The standard InChI is InChI=1S/C15H25N5O3S/c1-24(22,23)19-10-8-18(9-11-19)12-15(21)20-7-3-2-4-14(20)13-5-6-16-17-13/h5-6,14H,2-4,7-12H2,1H3,(H,16,17). The minimum absolute atomic E-state index is 0.0751. The third kappa shape index (κ3) is 3.96. The first kappa shape index (κ1) is 17.4. The van der Waals surface area contributed by atoms with Crippen LogP contribution >= 0.6 is 0 Å². The highest BCUT2D eigenvalue weighted by atomic mass is 32.2. The minimum Gasteiger partial charge on any atom is -0.333 e. The number of hydrogen-bond donors (Lipinski definition) is 1. The number of amides is 1. The molecule has 1 amide bonds. The maximum atomic E-state index is 12.8. The molecular formula is C15H25N5O3S. The first-order valence-corrected chi connectivity index (χ1v) is 10.3. The van der Waals surface area contributed by atoms with Crippen LogP contribution in [0.1, 0.15) is 31.0 Å². The van der Waals surface area contributed by atoms with E-state index in [9.17, 15) is 13.2 Å². The number of H-pyrrole nitrogens is 1. The summed E-state index contributed by atoms with van der Waals surface area (Å²) in [4.78, 5) is 16.8. The van der Waals surface area contributed by atoms with Gasteiger partial charge in [0.1, 0.15) is 0 Å². The third-order valence-corrected chi connectivity index (χ3v) is 6.17. The summed E-state index contributed by atoms with van der Waals surface area (Å²) in [5.41, 5.74) is 0.991. The van der Waals surface area contributed by atoms with E-state index in [4.69, 9.17) is 0 Å². The molecule has 1 N–H and O–H groups in total. The molecule has 0 aromatic carbocycles. The lowest BCUT2D eigenvalue weighted by Gasteiger charge is -2.38. The van der Waals surface area contributed by atoms with Gasteiger partial charge in [-0.15, -0.1) is 0 Å². The van der Waals surface area contributed by atoms with Crippen LogP contribution in [0, 0.1) is 0 Å². The van der Waals surface area contributed by atoms with Gasteiger partial charge in [-0.1, -0.05) is 0 Å². The highest BCUT2D eigenvalue weighted by Crippen LogP contribution is 2.29. The molecule has 0 bridgehead atoms. The van der Waals surface area contributed by atoms with Crippen LogP contribution in [0.4, 0.5) is 0 Å². The molecule has 134 valence electrons. The molecule has 0 saturated carbocycles. The van der Waals surface area contributed by atoms with Crippen molar-refractivity contribution in [2.75, 3.05) is 45.5 Å². The zero-order valence-electron chi connectivity index (χ0n) is 14.0. The highest BCUT2D eigenvalue weighted by Gasteiger charge is 2.31. The number of piperidine rings is 1. The second-order valence-corrected chi connectivity index (χ2v) is 8.53. The van der Waals surface area contributed by atoms with E-state index in [2.05, 4.69) is 10.2 Å². The molecule has 0 aliphatic carbocycles. The van der Waals surface area contributed by atoms with E-state index >= 15 is 0 Å². The van der Waals surface area contributed by atoms with Gasteiger partial charge in [0.15, 0.2) is 0 Å². The number of hydrogen-bond acceptors (Lipinski definition) is 5. The molecule has 1 aromatic rings. The van der Waals surface area contributed by atoms with Gasteiger partial charge in [-0.05, 0) is 25.3 Å². The molecule has 0 spiro atoms. The van der Waals surface area contributed by atoms with Crippen LogP contribution in [-0.2, 0) is 14.8 Å². The first-order chi connectivity index (χ1) is 11.4. The van der Waals surface area contributed by atoms with Gasteiger partial charge in [0.05, 0.1) is 24.5 Å². The van der Waals surface area contributed by atoms with Crippen LogP contribution in [0.5, 0.6) is 0 Å². The SMILES string of the molecule is CS(=O)(=O)N1CCN(CC(=O)N2CCCCC2c2ccn[nH]2)CC1. The Morgan fingerprint density at radius 2 is 2.00 bits per heavy atom. The van der Waals surface area contributed by atoms with Crippen molar-refractivity contribution in [2.45, 2.75) is 25.3 Å². The Bertz CT molecular complexity index is 653. The van der Waals surface area contributed by atoms with E-state index in [1.165, 1.54) is 10.6 Å². The summed E-state index contributed by atoms with van der Waals surface area (Å²) in [6.45, 7) is 3.23. The molecule has 9 heteroatoms. The van der Waals surface area contributed by atoms with Crippen LogP contribution in [0.2, 0.25) is 0 Å². The number of aromatic nitrogens is 2. The largest absolute Gasteiger partial charge is 0.333 e. The molecule has 1 unspecified atom stereocenters. The number of nitrogens with one attached hydrogen (secondary N) is 1. The molecule has 2 aliphatic rings. The number of likely N-dealkylation sites (tertiary alicyclic amines) is 1. The Hall–Kier alpha value is -1.45. The van der Waals surface area contributed by atoms with E-state index in [0.29, 0.717) is 32.7 Å². The molecule has 3 heterocycles. The molecule has 1 aromatic heterocycles. The molecule has 2 aliphatic heterocycles. The highest BCUT2D eigenvalue weighted by molar-refractivity contribution is 7.88. The lowest BCUT2D eigenvalue weighted by molar-refractivity contribution is -0.136. The van der Waals surface area contributed by atoms with Gasteiger partial charge < -0.3 is 4.90 Å². The Kier molecular flexibility index (Phi) is 5.21. The number of carbonyl (C=O) groups is 1. The van der Waals surface area contributed by atoms with Crippen LogP contribution in [0.15, 0.2) is 12.3 Å². The molecule has 0 radical (unpaired) electrons. The predicted molar refractivity (Wildman–Crippen MR) is 89.7 cm³/mol. The topological polar surface area (TPSA) is 89.6 Å². The van der Waals surface area contributed by atoms with E-state index in [0.717, 1.165) is 31.5 Å². The first-order valence-electron chi connectivity index (χ1n) is 8.41. The third-order valence-electron chi connectivity index (χ3n) is 4.86. The Morgan fingerprint density at radius 3 is 2.62 bits per heavy atom. The monoisotopic (exact) mass is 355 g/mol. The molecule has 8 nitrogen and oxygen atoms in total. The summed E-state index contributed by atoms with van der Waals surface area (Å²) in [6, 6.07) is 2.01. The number of sulfonamides is 1. The van der Waals surface area contributed by atoms with Gasteiger partial charge in [-0.3, -0.25) is 14.8 Å². The fraction of sp³-hybridized carbons (Fsp3) is 0.733. The van der Waals surface area contributed by atoms with Gasteiger partial charge in [-0.2, -0.15) is 9.40 Å². The summed E-state index contributed by atoms with van der Waals surface area (Å²) in [5.74, 6) is 0.113. The van der Waals surface area contributed by atoms with E-state index in [-0.39, 0.29) is 11.9 Å². The van der Waals surface area contributed by atoms with Crippen LogP contribution in [0.25, 0.3) is 0 Å². The van der Waals surface area contributed by atoms with E-state index in [1.54, 1.807) is 6.20 Å². The van der Waals surface area contributed by atoms with Crippen molar-refractivity contribution in [3.8, 4) is 0 Å². The summed E-state index contributed by atoms with van der Waals surface area (Å²) in [5, 5.41) is 6.99. The number of piperazine rings is 1. The maximum Gasteiger partial charge on any atom is 0.237 e. The van der Waals surface area contributed by atoms with Crippen LogP contribution in [-0.4, -0.2) is 84.2 Å². The fourth-order valence-electron chi connectivity index (χ4n) is 3.51. The average Bonchev–Trinajstić information content (AvgIpc) is 3.09. The van der Waals surface area contributed by atoms with Crippen molar-refractivity contribution < 1.29 is 13.2 Å². The number of nitrogens with zero attached hydrogens (tertiary/aromatic N) is 4. The summed E-state index contributed by atoms with van der Waals surface area (Å²) >= 11 is 0. The Morgan fingerprint density at radius 1 is 1.25 bits per heavy atom.